The van der Waals surface area contributed by atoms with Crippen LogP contribution < -0.4 is 11.1 Å². The van der Waals surface area contributed by atoms with E-state index < -0.39 is 0 Å². The van der Waals surface area contributed by atoms with Crippen molar-refractivity contribution < 1.29 is 14.3 Å². The van der Waals surface area contributed by atoms with Crippen molar-refractivity contribution in [1.82, 2.24) is 10.2 Å². The van der Waals surface area contributed by atoms with Crippen LogP contribution in [0.5, 0.6) is 0 Å². The van der Waals surface area contributed by atoms with Crippen LogP contribution in [0.3, 0.4) is 0 Å². The van der Waals surface area contributed by atoms with Gasteiger partial charge in [0.15, 0.2) is 0 Å². The Morgan fingerprint density at radius 3 is 2.75 bits per heavy atom. The second-order valence-corrected chi connectivity index (χ2v) is 4.59. The van der Waals surface area contributed by atoms with Gasteiger partial charge in [-0.25, -0.2) is 0 Å². The molecule has 110 valence electrons. The van der Waals surface area contributed by atoms with Gasteiger partial charge in [-0.15, -0.1) is 0 Å². The average molecular weight is 279 g/mol. The van der Waals surface area contributed by atoms with Crippen LogP contribution in [0.1, 0.15) is 15.9 Å². The van der Waals surface area contributed by atoms with Crippen LogP contribution in [-0.2, 0) is 9.53 Å². The Hall–Kier alpha value is -2.08. The molecule has 0 aliphatic carbocycles. The zero-order valence-corrected chi connectivity index (χ0v) is 12.1. The summed E-state index contributed by atoms with van der Waals surface area (Å²) in [7, 11) is 3.13. The third-order valence-corrected chi connectivity index (χ3v) is 2.80. The Morgan fingerprint density at radius 2 is 2.10 bits per heavy atom. The standard InChI is InChI=1S/C14H21N3O3/c1-10-4-5-12(15)11(8-10)14(19)17(2)9-13(18)16-6-7-20-3/h4-5,8H,6-7,9,15H2,1-3H3,(H,16,18). The van der Waals surface area contributed by atoms with Crippen molar-refractivity contribution in [2.24, 2.45) is 0 Å². The Morgan fingerprint density at radius 1 is 1.40 bits per heavy atom. The van der Waals surface area contributed by atoms with Gasteiger partial charge in [-0.3, -0.25) is 9.59 Å². The fourth-order valence-electron chi connectivity index (χ4n) is 1.70. The number of nitrogens with one attached hydrogen (secondary N) is 1. The Kier molecular flexibility index (Phi) is 5.99. The van der Waals surface area contributed by atoms with Gasteiger partial charge in [0.05, 0.1) is 18.7 Å². The molecule has 0 unspecified atom stereocenters. The van der Waals surface area contributed by atoms with Gasteiger partial charge >= 0.3 is 0 Å². The van der Waals surface area contributed by atoms with E-state index in [1.165, 1.54) is 4.90 Å². The van der Waals surface area contributed by atoms with Crippen LogP contribution >= 0.6 is 0 Å². The molecule has 6 nitrogen and oxygen atoms in total. The molecule has 0 saturated heterocycles. The summed E-state index contributed by atoms with van der Waals surface area (Å²) < 4.78 is 4.83. The van der Waals surface area contributed by atoms with Crippen molar-refractivity contribution in [3.05, 3.63) is 29.3 Å². The number of aryl methyl sites for hydroxylation is 1. The molecule has 0 atom stereocenters. The summed E-state index contributed by atoms with van der Waals surface area (Å²) in [5.41, 5.74) is 7.56. The quantitative estimate of drug-likeness (QED) is 0.583. The van der Waals surface area contributed by atoms with Gasteiger partial charge < -0.3 is 20.7 Å². The maximum atomic E-state index is 12.2. The molecular weight excluding hydrogens is 258 g/mol. The lowest BCUT2D eigenvalue weighted by Crippen LogP contribution is -2.39. The second-order valence-electron chi connectivity index (χ2n) is 4.59. The largest absolute Gasteiger partial charge is 0.398 e. The average Bonchev–Trinajstić information content (AvgIpc) is 2.41. The molecule has 1 rings (SSSR count). The Bertz CT molecular complexity index is 489. The molecule has 0 aliphatic rings. The first kappa shape index (κ1) is 16.0. The number of benzene rings is 1. The number of hydrogen-bond donors (Lipinski definition) is 2. The number of nitrogen functional groups attached to an aromatic ring is 1. The predicted octanol–water partition coefficient (Wildman–Crippen LogP) is 0.412. The summed E-state index contributed by atoms with van der Waals surface area (Å²) >= 11 is 0. The number of methoxy groups -OCH3 is 1. The van der Waals surface area contributed by atoms with E-state index >= 15 is 0 Å². The molecule has 0 fully saturated rings. The molecule has 0 bridgehead atoms. The third kappa shape index (κ3) is 4.55. The Labute approximate surface area is 118 Å². The lowest BCUT2D eigenvalue weighted by atomic mass is 10.1. The van der Waals surface area contributed by atoms with E-state index in [0.29, 0.717) is 24.4 Å². The van der Waals surface area contributed by atoms with E-state index in [1.807, 2.05) is 13.0 Å². The van der Waals surface area contributed by atoms with Crippen LogP contribution in [0.15, 0.2) is 18.2 Å². The van der Waals surface area contributed by atoms with Crippen molar-refractivity contribution in [2.75, 3.05) is 39.6 Å². The fourth-order valence-corrected chi connectivity index (χ4v) is 1.70. The van der Waals surface area contributed by atoms with Gasteiger partial charge in [0.1, 0.15) is 0 Å². The van der Waals surface area contributed by atoms with Gasteiger partial charge in [-0.1, -0.05) is 11.6 Å². The first-order valence-electron chi connectivity index (χ1n) is 6.33. The van der Waals surface area contributed by atoms with E-state index in [9.17, 15) is 9.59 Å². The minimum atomic E-state index is -0.270. The first-order chi connectivity index (χ1) is 9.45. The highest BCUT2D eigenvalue weighted by molar-refractivity contribution is 6.00. The summed E-state index contributed by atoms with van der Waals surface area (Å²) in [4.78, 5) is 25.2. The van der Waals surface area contributed by atoms with Crippen LogP contribution in [0.25, 0.3) is 0 Å². The highest BCUT2D eigenvalue weighted by atomic mass is 16.5. The molecule has 2 amide bonds. The van der Waals surface area contributed by atoms with Crippen molar-refractivity contribution in [2.45, 2.75) is 6.92 Å². The molecule has 0 spiro atoms. The topological polar surface area (TPSA) is 84.7 Å². The molecule has 0 heterocycles. The summed E-state index contributed by atoms with van der Waals surface area (Å²) in [6.45, 7) is 2.72. The molecule has 1 aromatic rings. The SMILES string of the molecule is COCCNC(=O)CN(C)C(=O)c1cc(C)ccc1N. The van der Waals surface area contributed by atoms with Gasteiger partial charge in [-0.05, 0) is 19.1 Å². The first-order valence-corrected chi connectivity index (χ1v) is 6.33. The smallest absolute Gasteiger partial charge is 0.256 e. The van der Waals surface area contributed by atoms with Gasteiger partial charge in [-0.2, -0.15) is 0 Å². The van der Waals surface area contributed by atoms with E-state index in [-0.39, 0.29) is 18.4 Å². The number of amides is 2. The van der Waals surface area contributed by atoms with Gasteiger partial charge in [0.25, 0.3) is 5.91 Å². The van der Waals surface area contributed by atoms with Crippen LogP contribution in [-0.4, -0.2) is 50.6 Å². The summed E-state index contributed by atoms with van der Waals surface area (Å²) in [5, 5.41) is 2.66. The van der Waals surface area contributed by atoms with Crippen LogP contribution in [0.4, 0.5) is 5.69 Å². The molecule has 6 heteroatoms. The van der Waals surface area contributed by atoms with Crippen molar-refractivity contribution in [3.8, 4) is 0 Å². The zero-order chi connectivity index (χ0) is 15.1. The number of anilines is 1. The monoisotopic (exact) mass is 279 g/mol. The minimum absolute atomic E-state index is 0.0179. The number of nitrogens with two attached hydrogens (primary N) is 1. The zero-order valence-electron chi connectivity index (χ0n) is 12.1. The lowest BCUT2D eigenvalue weighted by Gasteiger charge is -2.18. The van der Waals surface area contributed by atoms with E-state index in [0.717, 1.165) is 5.56 Å². The third-order valence-electron chi connectivity index (χ3n) is 2.80. The van der Waals surface area contributed by atoms with Gasteiger partial charge in [0, 0.05) is 26.4 Å². The Balaban J connectivity index is 2.62. The number of nitrogens with zero attached hydrogens (tertiary/aromatic N) is 1. The highest BCUT2D eigenvalue weighted by Gasteiger charge is 2.17. The minimum Gasteiger partial charge on any atom is -0.398 e. The number of carbonyl (C=O) groups excluding carboxylic acids is 2. The van der Waals surface area contributed by atoms with Crippen LogP contribution in [0.2, 0.25) is 0 Å². The van der Waals surface area contributed by atoms with E-state index in [2.05, 4.69) is 5.32 Å². The maximum absolute atomic E-state index is 12.2. The molecule has 0 aliphatic heterocycles. The molecule has 3 N–H and O–H groups in total. The number of ether oxygens (including phenoxy) is 1. The van der Waals surface area contributed by atoms with Crippen molar-refractivity contribution in [3.63, 3.8) is 0 Å². The molecular formula is C14H21N3O3. The molecule has 0 radical (unpaired) electrons. The van der Waals surface area contributed by atoms with Crippen LogP contribution in [0, 0.1) is 6.92 Å². The maximum Gasteiger partial charge on any atom is 0.256 e. The van der Waals surface area contributed by atoms with Gasteiger partial charge in [0.2, 0.25) is 5.91 Å². The molecule has 20 heavy (non-hydrogen) atoms. The summed E-state index contributed by atoms with van der Waals surface area (Å²) in [5.74, 6) is -0.503. The second kappa shape index (κ2) is 7.49. The number of likely N-dealkylation sites (N-methyl/N-ethyl adjacent to an activating group) is 1. The van der Waals surface area contributed by atoms with Crippen molar-refractivity contribution >= 4 is 17.5 Å². The predicted molar refractivity (Wildman–Crippen MR) is 77.4 cm³/mol. The molecule has 0 aromatic heterocycles. The van der Waals surface area contributed by atoms with E-state index in [1.54, 1.807) is 26.3 Å². The summed E-state index contributed by atoms with van der Waals surface area (Å²) in [6, 6.07) is 5.25. The molecule has 1 aromatic carbocycles. The lowest BCUT2D eigenvalue weighted by molar-refractivity contribution is -0.121. The normalized spacial score (nSPS) is 10.2. The highest BCUT2D eigenvalue weighted by Crippen LogP contribution is 2.15. The van der Waals surface area contributed by atoms with E-state index in [4.69, 9.17) is 10.5 Å². The summed E-state index contributed by atoms with van der Waals surface area (Å²) in [6.07, 6.45) is 0. The number of hydrogen-bond acceptors (Lipinski definition) is 4. The van der Waals surface area contributed by atoms with Crippen molar-refractivity contribution in [1.29, 1.82) is 0 Å². The molecule has 0 saturated carbocycles. The number of rotatable bonds is 6. The fraction of sp³-hybridized carbons (Fsp3) is 0.429. The number of carbonyl (C=O) groups is 2.